The van der Waals surface area contributed by atoms with Gasteiger partial charge in [0.05, 0.1) is 22.4 Å². The maximum Gasteiger partial charge on any atom is 0.160 e. The molecule has 3 aromatic heterocycles. The van der Waals surface area contributed by atoms with E-state index >= 15 is 0 Å². The minimum atomic E-state index is 0.703. The zero-order valence-corrected chi connectivity index (χ0v) is 26.7. The van der Waals surface area contributed by atoms with Crippen molar-refractivity contribution >= 4 is 64.1 Å². The van der Waals surface area contributed by atoms with Crippen molar-refractivity contribution in [3.8, 4) is 39.6 Å². The van der Waals surface area contributed by atoms with Gasteiger partial charge in [-0.15, -0.1) is 11.3 Å². The number of fused-ring (bicyclic) bond motifs is 8. The molecule has 3 nitrogen and oxygen atoms in total. The number of rotatable bonds is 4. The van der Waals surface area contributed by atoms with Gasteiger partial charge in [-0.05, 0) is 47.9 Å². The molecule has 0 aliphatic carbocycles. The highest BCUT2D eigenvalue weighted by Gasteiger charge is 2.18. The van der Waals surface area contributed by atoms with Crippen LogP contribution in [0.5, 0.6) is 0 Å². The number of nitrogens with zero attached hydrogens (tertiary/aromatic N) is 3. The summed E-state index contributed by atoms with van der Waals surface area (Å²) in [5.41, 5.74) is 8.38. The van der Waals surface area contributed by atoms with Crippen molar-refractivity contribution in [3.05, 3.63) is 164 Å². The van der Waals surface area contributed by atoms with E-state index in [0.717, 1.165) is 33.8 Å². The van der Waals surface area contributed by atoms with E-state index in [-0.39, 0.29) is 0 Å². The first kappa shape index (κ1) is 27.1. The highest BCUT2D eigenvalue weighted by Crippen LogP contribution is 2.42. The second-order valence-electron chi connectivity index (χ2n) is 12.2. The topological polar surface area (TPSA) is 30.7 Å². The first-order valence-electron chi connectivity index (χ1n) is 16.2. The second kappa shape index (κ2) is 10.7. The second-order valence-corrected chi connectivity index (χ2v) is 13.3. The molecule has 3 heterocycles. The van der Waals surface area contributed by atoms with Crippen LogP contribution in [0.2, 0.25) is 0 Å². The summed E-state index contributed by atoms with van der Waals surface area (Å²) in [5.74, 6) is 0.703. The Labute approximate surface area is 281 Å². The highest BCUT2D eigenvalue weighted by molar-refractivity contribution is 7.25. The summed E-state index contributed by atoms with van der Waals surface area (Å²) in [4.78, 5) is 10.3. The standard InChI is InChI=1S/C44H27N3S/c1-3-12-28(13-4-1)38-27-39(29-14-5-2-6-15-29)46-44(45-38)31-16-11-17-32(24-31)47-40-20-9-7-18-33(40)35-23-22-30-25-42-37(26-36(30)43(35)47)34-19-8-10-21-41(34)48-42/h1-27H. The van der Waals surface area contributed by atoms with E-state index in [1.165, 1.54) is 52.8 Å². The molecular formula is C44H27N3S. The molecule has 0 aliphatic heterocycles. The quantitative estimate of drug-likeness (QED) is 0.194. The predicted octanol–water partition coefficient (Wildman–Crippen LogP) is 12.1. The third-order valence-electron chi connectivity index (χ3n) is 9.38. The zero-order chi connectivity index (χ0) is 31.6. The Morgan fingerprint density at radius 2 is 1.08 bits per heavy atom. The molecule has 0 bridgehead atoms. The average Bonchev–Trinajstić information content (AvgIpc) is 3.70. The molecule has 7 aromatic carbocycles. The molecule has 4 heteroatoms. The molecule has 0 spiro atoms. The summed E-state index contributed by atoms with van der Waals surface area (Å²) in [6.07, 6.45) is 0. The molecule has 10 rings (SSSR count). The van der Waals surface area contributed by atoms with E-state index in [1.807, 2.05) is 23.5 Å². The fraction of sp³-hybridized carbons (Fsp3) is 0. The highest BCUT2D eigenvalue weighted by atomic mass is 32.1. The van der Waals surface area contributed by atoms with Crippen LogP contribution in [0.25, 0.3) is 92.3 Å². The summed E-state index contributed by atoms with van der Waals surface area (Å²) < 4.78 is 5.06. The number of para-hydroxylation sites is 1. The maximum atomic E-state index is 5.13. The first-order valence-corrected chi connectivity index (χ1v) is 17.0. The molecule has 0 radical (unpaired) electrons. The maximum absolute atomic E-state index is 5.13. The molecule has 0 saturated carbocycles. The smallest absolute Gasteiger partial charge is 0.160 e. The first-order chi connectivity index (χ1) is 23.8. The van der Waals surface area contributed by atoms with Crippen LogP contribution in [-0.2, 0) is 0 Å². The lowest BCUT2D eigenvalue weighted by Crippen LogP contribution is -1.98. The normalized spacial score (nSPS) is 11.8. The Balaban J connectivity index is 1.23. The number of thiophene rings is 1. The largest absolute Gasteiger partial charge is 0.309 e. The van der Waals surface area contributed by atoms with E-state index in [2.05, 4.69) is 156 Å². The molecule has 0 atom stereocenters. The number of aromatic nitrogens is 3. The van der Waals surface area contributed by atoms with Gasteiger partial charge < -0.3 is 4.57 Å². The fourth-order valence-corrected chi connectivity index (χ4v) is 8.28. The Bertz CT molecular complexity index is 2770. The number of benzene rings is 7. The van der Waals surface area contributed by atoms with E-state index in [0.29, 0.717) is 5.82 Å². The Morgan fingerprint density at radius 1 is 0.417 bits per heavy atom. The van der Waals surface area contributed by atoms with Crippen LogP contribution in [0.1, 0.15) is 0 Å². The van der Waals surface area contributed by atoms with Gasteiger partial charge in [-0.1, -0.05) is 121 Å². The molecule has 0 aliphatic rings. The molecule has 0 fully saturated rings. The Kier molecular flexibility index (Phi) is 6.05. The van der Waals surface area contributed by atoms with Gasteiger partial charge in [-0.3, -0.25) is 0 Å². The van der Waals surface area contributed by atoms with Gasteiger partial charge in [0, 0.05) is 58.7 Å². The van der Waals surface area contributed by atoms with Crippen LogP contribution < -0.4 is 0 Å². The predicted molar refractivity (Wildman–Crippen MR) is 203 cm³/mol. The summed E-state index contributed by atoms with van der Waals surface area (Å²) in [5, 5.41) is 7.60. The summed E-state index contributed by atoms with van der Waals surface area (Å²) >= 11 is 1.87. The van der Waals surface area contributed by atoms with Crippen molar-refractivity contribution in [2.75, 3.05) is 0 Å². The lowest BCUT2D eigenvalue weighted by molar-refractivity contribution is 1.16. The third-order valence-corrected chi connectivity index (χ3v) is 10.5. The lowest BCUT2D eigenvalue weighted by atomic mass is 10.0. The average molecular weight is 630 g/mol. The van der Waals surface area contributed by atoms with Gasteiger partial charge in [0.1, 0.15) is 0 Å². The van der Waals surface area contributed by atoms with Crippen LogP contribution in [0.15, 0.2) is 164 Å². The van der Waals surface area contributed by atoms with Crippen LogP contribution in [0.4, 0.5) is 0 Å². The third kappa shape index (κ3) is 4.27. The lowest BCUT2D eigenvalue weighted by Gasteiger charge is -2.13. The fourth-order valence-electron chi connectivity index (χ4n) is 7.14. The van der Waals surface area contributed by atoms with E-state index < -0.39 is 0 Å². The number of hydrogen-bond donors (Lipinski definition) is 0. The van der Waals surface area contributed by atoms with Gasteiger partial charge in [0.25, 0.3) is 0 Å². The molecule has 0 saturated heterocycles. The van der Waals surface area contributed by atoms with Crippen LogP contribution in [0, 0.1) is 0 Å². The molecular weight excluding hydrogens is 603 g/mol. The minimum absolute atomic E-state index is 0.703. The summed E-state index contributed by atoms with van der Waals surface area (Å²) in [6, 6.07) is 58.3. The molecule has 0 unspecified atom stereocenters. The molecule has 0 amide bonds. The van der Waals surface area contributed by atoms with Crippen LogP contribution in [0.3, 0.4) is 0 Å². The van der Waals surface area contributed by atoms with Gasteiger partial charge in [0.2, 0.25) is 0 Å². The molecule has 0 N–H and O–H groups in total. The van der Waals surface area contributed by atoms with Crippen molar-refractivity contribution in [2.45, 2.75) is 0 Å². The van der Waals surface area contributed by atoms with E-state index in [1.54, 1.807) is 0 Å². The van der Waals surface area contributed by atoms with E-state index in [4.69, 9.17) is 9.97 Å². The Morgan fingerprint density at radius 3 is 1.85 bits per heavy atom. The van der Waals surface area contributed by atoms with Gasteiger partial charge in [-0.25, -0.2) is 9.97 Å². The molecule has 48 heavy (non-hydrogen) atoms. The number of hydrogen-bond acceptors (Lipinski definition) is 3. The van der Waals surface area contributed by atoms with Gasteiger partial charge in [-0.2, -0.15) is 0 Å². The summed E-state index contributed by atoms with van der Waals surface area (Å²) in [6.45, 7) is 0. The van der Waals surface area contributed by atoms with Crippen molar-refractivity contribution in [1.82, 2.24) is 14.5 Å². The van der Waals surface area contributed by atoms with Crippen molar-refractivity contribution in [1.29, 1.82) is 0 Å². The van der Waals surface area contributed by atoms with Crippen LogP contribution in [-0.4, -0.2) is 14.5 Å². The monoisotopic (exact) mass is 629 g/mol. The molecule has 224 valence electrons. The van der Waals surface area contributed by atoms with Crippen molar-refractivity contribution in [3.63, 3.8) is 0 Å². The zero-order valence-electron chi connectivity index (χ0n) is 25.8. The van der Waals surface area contributed by atoms with Crippen molar-refractivity contribution < 1.29 is 0 Å². The molecule has 10 aromatic rings. The summed E-state index contributed by atoms with van der Waals surface area (Å²) in [7, 11) is 0. The van der Waals surface area contributed by atoms with Gasteiger partial charge in [0.15, 0.2) is 5.82 Å². The van der Waals surface area contributed by atoms with Crippen LogP contribution >= 0.6 is 11.3 Å². The SMILES string of the molecule is c1ccc(-c2cc(-c3ccccc3)nc(-c3cccc(-n4c5ccccc5c5ccc6cc7sc8ccccc8c7cc6c54)c3)n2)cc1. The minimum Gasteiger partial charge on any atom is -0.309 e. The van der Waals surface area contributed by atoms with Crippen molar-refractivity contribution in [2.24, 2.45) is 0 Å². The van der Waals surface area contributed by atoms with E-state index in [9.17, 15) is 0 Å². The Hall–Kier alpha value is -6.10. The van der Waals surface area contributed by atoms with Gasteiger partial charge >= 0.3 is 0 Å².